The van der Waals surface area contributed by atoms with Gasteiger partial charge in [0.25, 0.3) is 5.91 Å². The number of carbonyl (C=O) groups excluding carboxylic acids is 2. The summed E-state index contributed by atoms with van der Waals surface area (Å²) < 4.78 is 10.3. The third-order valence-electron chi connectivity index (χ3n) is 3.58. The molecule has 1 amide bonds. The summed E-state index contributed by atoms with van der Waals surface area (Å²) in [7, 11) is 0. The molecular formula is C21H17N3O4. The number of hydrazone groups is 1. The summed E-state index contributed by atoms with van der Waals surface area (Å²) in [6.45, 7) is 1.84. The quantitative estimate of drug-likeness (QED) is 0.234. The molecule has 0 aliphatic heterocycles. The molecule has 2 aromatic heterocycles. The van der Waals surface area contributed by atoms with E-state index < -0.39 is 5.97 Å². The molecule has 0 atom stereocenters. The molecule has 1 aromatic carbocycles. The molecule has 3 rings (SSSR count). The average Bonchev–Trinajstić information content (AvgIpc) is 3.22. The van der Waals surface area contributed by atoms with Crippen molar-refractivity contribution in [1.29, 1.82) is 0 Å². The van der Waals surface area contributed by atoms with Gasteiger partial charge in [0.15, 0.2) is 0 Å². The molecule has 1 N–H and O–H groups in total. The van der Waals surface area contributed by atoms with Crippen LogP contribution in [0, 0.1) is 6.92 Å². The summed E-state index contributed by atoms with van der Waals surface area (Å²) in [5.41, 5.74) is 4.42. The zero-order chi connectivity index (χ0) is 19.8. The fourth-order valence-electron chi connectivity index (χ4n) is 2.14. The Balaban J connectivity index is 1.51. The van der Waals surface area contributed by atoms with E-state index in [1.165, 1.54) is 30.8 Å². The van der Waals surface area contributed by atoms with Crippen LogP contribution in [0.25, 0.3) is 6.08 Å². The van der Waals surface area contributed by atoms with Crippen LogP contribution < -0.4 is 10.2 Å². The Bertz CT molecular complexity index is 989. The van der Waals surface area contributed by atoms with Crippen molar-refractivity contribution in [3.8, 4) is 5.75 Å². The van der Waals surface area contributed by atoms with Crippen LogP contribution in [-0.2, 0) is 4.79 Å². The normalized spacial score (nSPS) is 11.0. The Morgan fingerprint density at radius 3 is 2.64 bits per heavy atom. The molecule has 0 aliphatic rings. The number of aryl methyl sites for hydroxylation is 1. The van der Waals surface area contributed by atoms with Crippen molar-refractivity contribution in [3.05, 3.63) is 89.6 Å². The maximum Gasteiger partial charge on any atom is 0.336 e. The van der Waals surface area contributed by atoms with E-state index >= 15 is 0 Å². The van der Waals surface area contributed by atoms with Gasteiger partial charge in [0, 0.05) is 18.0 Å². The van der Waals surface area contributed by atoms with Crippen molar-refractivity contribution in [3.63, 3.8) is 0 Å². The van der Waals surface area contributed by atoms with E-state index in [4.69, 9.17) is 9.15 Å². The molecule has 7 nitrogen and oxygen atoms in total. The SMILES string of the molecule is Cc1ccc(C(=O)N/N=C/c2ccc(OC(=O)/C=C\c3ccco3)cc2)cn1. The van der Waals surface area contributed by atoms with Crippen LogP contribution in [0.2, 0.25) is 0 Å². The van der Waals surface area contributed by atoms with Crippen LogP contribution in [-0.4, -0.2) is 23.1 Å². The topological polar surface area (TPSA) is 93.8 Å². The number of nitrogens with zero attached hydrogens (tertiary/aromatic N) is 2. The predicted octanol–water partition coefficient (Wildman–Crippen LogP) is 3.37. The number of carbonyl (C=O) groups is 2. The highest BCUT2D eigenvalue weighted by molar-refractivity contribution is 5.94. The van der Waals surface area contributed by atoms with Gasteiger partial charge in [0.05, 0.1) is 18.0 Å². The molecule has 0 fully saturated rings. The number of aromatic nitrogens is 1. The van der Waals surface area contributed by atoms with Crippen LogP contribution >= 0.6 is 0 Å². The fraction of sp³-hybridized carbons (Fsp3) is 0.0476. The molecule has 0 saturated carbocycles. The largest absolute Gasteiger partial charge is 0.465 e. The Morgan fingerprint density at radius 1 is 1.14 bits per heavy atom. The van der Waals surface area contributed by atoms with E-state index in [2.05, 4.69) is 15.5 Å². The van der Waals surface area contributed by atoms with Gasteiger partial charge in [-0.3, -0.25) is 9.78 Å². The fourth-order valence-corrected chi connectivity index (χ4v) is 2.14. The molecule has 0 radical (unpaired) electrons. The molecule has 2 heterocycles. The second-order valence-electron chi connectivity index (χ2n) is 5.73. The van der Waals surface area contributed by atoms with E-state index in [1.807, 2.05) is 6.92 Å². The number of esters is 1. The van der Waals surface area contributed by atoms with Crippen LogP contribution in [0.1, 0.15) is 27.4 Å². The molecular weight excluding hydrogens is 358 g/mol. The first-order valence-electron chi connectivity index (χ1n) is 8.40. The Kier molecular flexibility index (Phi) is 6.10. The van der Waals surface area contributed by atoms with E-state index in [0.717, 1.165) is 11.3 Å². The molecule has 0 aliphatic carbocycles. The summed E-state index contributed by atoms with van der Waals surface area (Å²) in [5.74, 6) is 0.0856. The Morgan fingerprint density at radius 2 is 1.96 bits per heavy atom. The van der Waals surface area contributed by atoms with Crippen LogP contribution in [0.4, 0.5) is 0 Å². The average molecular weight is 375 g/mol. The first-order chi connectivity index (χ1) is 13.6. The highest BCUT2D eigenvalue weighted by Gasteiger charge is 2.04. The van der Waals surface area contributed by atoms with Gasteiger partial charge in [-0.05, 0) is 67.1 Å². The highest BCUT2D eigenvalue weighted by Crippen LogP contribution is 2.12. The maximum atomic E-state index is 11.9. The number of hydrogen-bond donors (Lipinski definition) is 1. The Hall–Kier alpha value is -4.00. The van der Waals surface area contributed by atoms with Gasteiger partial charge in [0.1, 0.15) is 11.5 Å². The molecule has 28 heavy (non-hydrogen) atoms. The van der Waals surface area contributed by atoms with Crippen molar-refractivity contribution in [1.82, 2.24) is 10.4 Å². The third-order valence-corrected chi connectivity index (χ3v) is 3.58. The van der Waals surface area contributed by atoms with E-state index in [0.29, 0.717) is 17.1 Å². The van der Waals surface area contributed by atoms with Gasteiger partial charge in [-0.25, -0.2) is 10.2 Å². The summed E-state index contributed by atoms with van der Waals surface area (Å²) in [5, 5.41) is 3.91. The van der Waals surface area contributed by atoms with Crippen molar-refractivity contribution in [2.45, 2.75) is 6.92 Å². The molecule has 140 valence electrons. The van der Waals surface area contributed by atoms with Gasteiger partial charge in [-0.15, -0.1) is 0 Å². The number of hydrogen-bond acceptors (Lipinski definition) is 6. The standard InChI is InChI=1S/C21H17N3O4/c1-15-4-7-17(14-22-15)21(26)24-23-13-16-5-8-19(9-6-16)28-20(25)11-10-18-3-2-12-27-18/h2-14H,1H3,(H,24,26)/b11-10-,23-13+. The number of ether oxygens (including phenoxy) is 1. The lowest BCUT2D eigenvalue weighted by Gasteiger charge is -2.02. The van der Waals surface area contributed by atoms with Gasteiger partial charge in [-0.1, -0.05) is 0 Å². The summed E-state index contributed by atoms with van der Waals surface area (Å²) in [6.07, 6.45) is 7.30. The second kappa shape index (κ2) is 9.09. The van der Waals surface area contributed by atoms with Crippen LogP contribution in [0.15, 0.2) is 76.6 Å². The molecule has 7 heteroatoms. The summed E-state index contributed by atoms with van der Waals surface area (Å²) in [6, 6.07) is 13.6. The number of benzene rings is 1. The van der Waals surface area contributed by atoms with Crippen LogP contribution in [0.5, 0.6) is 5.75 Å². The van der Waals surface area contributed by atoms with Crippen molar-refractivity contribution < 1.29 is 18.7 Å². The van der Waals surface area contributed by atoms with E-state index in [1.54, 1.807) is 48.5 Å². The number of rotatable bonds is 6. The second-order valence-corrected chi connectivity index (χ2v) is 5.73. The molecule has 0 spiro atoms. The minimum Gasteiger partial charge on any atom is -0.465 e. The van der Waals surface area contributed by atoms with Gasteiger partial charge >= 0.3 is 5.97 Å². The molecule has 0 saturated heterocycles. The third kappa shape index (κ3) is 5.50. The van der Waals surface area contributed by atoms with E-state index in [-0.39, 0.29) is 5.91 Å². The molecule has 0 unspecified atom stereocenters. The van der Waals surface area contributed by atoms with Crippen LogP contribution in [0.3, 0.4) is 0 Å². The summed E-state index contributed by atoms with van der Waals surface area (Å²) >= 11 is 0. The molecule has 3 aromatic rings. The van der Waals surface area contributed by atoms with Gasteiger partial charge < -0.3 is 9.15 Å². The lowest BCUT2D eigenvalue weighted by molar-refractivity contribution is -0.128. The lowest BCUT2D eigenvalue weighted by atomic mass is 10.2. The van der Waals surface area contributed by atoms with Crippen molar-refractivity contribution in [2.75, 3.05) is 0 Å². The number of pyridine rings is 1. The zero-order valence-corrected chi connectivity index (χ0v) is 15.0. The van der Waals surface area contributed by atoms with Crippen molar-refractivity contribution >= 4 is 24.2 Å². The smallest absolute Gasteiger partial charge is 0.336 e. The highest BCUT2D eigenvalue weighted by atomic mass is 16.5. The number of furan rings is 1. The minimum atomic E-state index is -0.517. The number of nitrogens with one attached hydrogen (secondary N) is 1. The minimum absolute atomic E-state index is 0.349. The first-order valence-corrected chi connectivity index (χ1v) is 8.40. The van der Waals surface area contributed by atoms with Crippen molar-refractivity contribution in [2.24, 2.45) is 5.10 Å². The maximum absolute atomic E-state index is 11.9. The first kappa shape index (κ1) is 18.8. The number of amides is 1. The predicted molar refractivity (Wildman–Crippen MR) is 104 cm³/mol. The Labute approximate surface area is 161 Å². The summed E-state index contributed by atoms with van der Waals surface area (Å²) in [4.78, 5) is 27.8. The van der Waals surface area contributed by atoms with Gasteiger partial charge in [0.2, 0.25) is 0 Å². The molecule has 0 bridgehead atoms. The monoisotopic (exact) mass is 375 g/mol. The van der Waals surface area contributed by atoms with Gasteiger partial charge in [-0.2, -0.15) is 5.10 Å². The lowest BCUT2D eigenvalue weighted by Crippen LogP contribution is -2.17. The zero-order valence-electron chi connectivity index (χ0n) is 15.0. The van der Waals surface area contributed by atoms with E-state index in [9.17, 15) is 9.59 Å².